The third-order valence-electron chi connectivity index (χ3n) is 2.88. The van der Waals surface area contributed by atoms with Gasteiger partial charge in [-0.05, 0) is 0 Å². The molecule has 1 amide bonds. The molecule has 0 aliphatic carbocycles. The summed E-state index contributed by atoms with van der Waals surface area (Å²) in [7, 11) is -3.00. The topological polar surface area (TPSA) is 84.9 Å². The van der Waals surface area contributed by atoms with Crippen LogP contribution < -0.4 is 4.72 Å². The van der Waals surface area contributed by atoms with Gasteiger partial charge in [0.2, 0.25) is 5.91 Å². The summed E-state index contributed by atoms with van der Waals surface area (Å²) in [5, 5.41) is 8.34. The minimum absolute atomic E-state index is 0.407. The van der Waals surface area contributed by atoms with E-state index in [1.807, 2.05) is 0 Å². The van der Waals surface area contributed by atoms with Crippen molar-refractivity contribution in [3.63, 3.8) is 0 Å². The average molecular weight is 421 g/mol. The van der Waals surface area contributed by atoms with Gasteiger partial charge in [-0.1, -0.05) is 5.04 Å². The fourth-order valence-corrected chi connectivity index (χ4v) is 3.49. The highest BCUT2D eigenvalue weighted by Gasteiger charge is 2.33. The van der Waals surface area contributed by atoms with Crippen molar-refractivity contribution in [3.8, 4) is 0 Å². The SMILES string of the molecule is CC(=O)NS(=O)c1c(F)c(F)c(F)c2c(SOOO)c(F)c(F)c(F)c12. The molecule has 0 spiro atoms. The van der Waals surface area contributed by atoms with Crippen molar-refractivity contribution >= 4 is 39.7 Å². The van der Waals surface area contributed by atoms with Gasteiger partial charge in [0, 0.05) is 17.7 Å². The van der Waals surface area contributed by atoms with E-state index in [1.165, 1.54) is 0 Å². The van der Waals surface area contributed by atoms with Crippen LogP contribution in [-0.4, -0.2) is 15.4 Å². The van der Waals surface area contributed by atoms with E-state index in [0.29, 0.717) is 0 Å². The Hall–Kier alpha value is -1.87. The van der Waals surface area contributed by atoms with Gasteiger partial charge in [0.25, 0.3) is 0 Å². The predicted octanol–water partition coefficient (Wildman–Crippen LogP) is 3.26. The maximum atomic E-state index is 14.2. The van der Waals surface area contributed by atoms with Crippen LogP contribution in [0.2, 0.25) is 0 Å². The molecule has 14 heteroatoms. The zero-order valence-electron chi connectivity index (χ0n) is 12.2. The normalized spacial score (nSPS) is 12.5. The van der Waals surface area contributed by atoms with E-state index in [0.717, 1.165) is 6.92 Å². The second-order valence-corrected chi connectivity index (χ2v) is 6.31. The Labute approximate surface area is 146 Å². The lowest BCUT2D eigenvalue weighted by Crippen LogP contribution is -2.24. The van der Waals surface area contributed by atoms with Crippen LogP contribution >= 0.6 is 12.0 Å². The number of nitrogens with one attached hydrogen (secondary N) is 1. The molecule has 2 aromatic rings. The van der Waals surface area contributed by atoms with Crippen LogP contribution in [0.15, 0.2) is 9.79 Å². The zero-order valence-corrected chi connectivity index (χ0v) is 13.8. The molecule has 0 aromatic heterocycles. The van der Waals surface area contributed by atoms with Crippen LogP contribution in [0.25, 0.3) is 10.8 Å². The molecule has 0 fully saturated rings. The van der Waals surface area contributed by atoms with E-state index in [-0.39, 0.29) is 0 Å². The summed E-state index contributed by atoms with van der Waals surface area (Å²) in [6, 6.07) is 0. The second-order valence-electron chi connectivity index (χ2n) is 4.45. The Kier molecular flexibility index (Phi) is 6.13. The average Bonchev–Trinajstić information content (AvgIpc) is 2.57. The number of amides is 1. The Morgan fingerprint density at radius 3 is 2.04 bits per heavy atom. The molecule has 0 saturated carbocycles. The van der Waals surface area contributed by atoms with Crippen LogP contribution in [0.5, 0.6) is 0 Å². The molecule has 0 saturated heterocycles. The number of fused-ring (bicyclic) bond motifs is 1. The first-order valence-corrected chi connectivity index (χ1v) is 8.02. The number of rotatable bonds is 5. The highest BCUT2D eigenvalue weighted by Crippen LogP contribution is 2.40. The molecule has 2 rings (SSSR count). The van der Waals surface area contributed by atoms with Gasteiger partial charge in [0.15, 0.2) is 45.9 Å². The number of halogens is 6. The van der Waals surface area contributed by atoms with Crippen molar-refractivity contribution in [2.45, 2.75) is 16.7 Å². The number of hydrogen-bond donors (Lipinski definition) is 2. The molecule has 0 heterocycles. The molecule has 0 aliphatic rings. The minimum Gasteiger partial charge on any atom is -0.274 e. The molecular formula is C12H5F6NO5S2. The first-order valence-electron chi connectivity index (χ1n) is 6.13. The molecule has 142 valence electrons. The molecular weight excluding hydrogens is 416 g/mol. The van der Waals surface area contributed by atoms with Crippen molar-refractivity contribution < 1.29 is 50.0 Å². The highest BCUT2D eigenvalue weighted by atomic mass is 32.2. The summed E-state index contributed by atoms with van der Waals surface area (Å²) >= 11 is -0.407. The van der Waals surface area contributed by atoms with Crippen LogP contribution in [0.1, 0.15) is 6.92 Å². The van der Waals surface area contributed by atoms with Crippen LogP contribution in [-0.2, 0) is 25.2 Å². The Bertz CT molecular complexity index is 941. The smallest absolute Gasteiger partial charge is 0.228 e. The van der Waals surface area contributed by atoms with Gasteiger partial charge >= 0.3 is 0 Å². The summed E-state index contributed by atoms with van der Waals surface area (Å²) in [6.45, 7) is 0.822. The van der Waals surface area contributed by atoms with E-state index in [1.54, 1.807) is 4.72 Å². The van der Waals surface area contributed by atoms with E-state index in [9.17, 15) is 35.3 Å². The van der Waals surface area contributed by atoms with Gasteiger partial charge in [-0.3, -0.25) is 9.52 Å². The predicted molar refractivity (Wildman–Crippen MR) is 74.6 cm³/mol. The summed E-state index contributed by atoms with van der Waals surface area (Å²) in [5.74, 6) is -14.2. The van der Waals surface area contributed by atoms with Gasteiger partial charge in [-0.25, -0.2) is 35.8 Å². The molecule has 2 N–H and O–H groups in total. The fraction of sp³-hybridized carbons (Fsp3) is 0.0833. The van der Waals surface area contributed by atoms with Gasteiger partial charge in [0.1, 0.15) is 4.90 Å². The van der Waals surface area contributed by atoms with Gasteiger partial charge in [0.05, 0.1) is 16.9 Å². The van der Waals surface area contributed by atoms with Crippen molar-refractivity contribution in [1.29, 1.82) is 0 Å². The van der Waals surface area contributed by atoms with Crippen molar-refractivity contribution in [2.75, 3.05) is 0 Å². The van der Waals surface area contributed by atoms with Crippen molar-refractivity contribution in [2.24, 2.45) is 0 Å². The van der Waals surface area contributed by atoms with E-state index in [2.05, 4.69) is 9.37 Å². The Balaban J connectivity index is 3.03. The summed E-state index contributed by atoms with van der Waals surface area (Å²) < 4.78 is 101. The monoisotopic (exact) mass is 421 g/mol. The fourth-order valence-electron chi connectivity index (χ4n) is 1.96. The third kappa shape index (κ3) is 3.37. The van der Waals surface area contributed by atoms with Crippen LogP contribution in [0.4, 0.5) is 26.3 Å². The lowest BCUT2D eigenvalue weighted by molar-refractivity contribution is -0.432. The molecule has 0 bridgehead atoms. The first kappa shape index (κ1) is 20.4. The van der Waals surface area contributed by atoms with Crippen molar-refractivity contribution in [1.82, 2.24) is 4.72 Å². The van der Waals surface area contributed by atoms with Crippen LogP contribution in [0.3, 0.4) is 0 Å². The number of benzene rings is 2. The largest absolute Gasteiger partial charge is 0.274 e. The van der Waals surface area contributed by atoms with E-state index < -0.39 is 84.4 Å². The Morgan fingerprint density at radius 1 is 0.962 bits per heavy atom. The molecule has 6 nitrogen and oxygen atoms in total. The molecule has 0 radical (unpaired) electrons. The maximum Gasteiger partial charge on any atom is 0.228 e. The number of hydrogen-bond acceptors (Lipinski definition) is 6. The quantitative estimate of drug-likeness (QED) is 0.254. The maximum absolute atomic E-state index is 14.2. The van der Waals surface area contributed by atoms with Crippen molar-refractivity contribution in [3.05, 3.63) is 34.9 Å². The lowest BCUT2D eigenvalue weighted by atomic mass is 10.1. The molecule has 0 aliphatic heterocycles. The highest BCUT2D eigenvalue weighted by molar-refractivity contribution is 7.94. The van der Waals surface area contributed by atoms with Gasteiger partial charge < -0.3 is 0 Å². The molecule has 26 heavy (non-hydrogen) atoms. The Morgan fingerprint density at radius 2 is 1.50 bits per heavy atom. The molecule has 2 aromatic carbocycles. The van der Waals surface area contributed by atoms with Gasteiger partial charge in [-0.2, -0.15) is 0 Å². The number of carbonyl (C=O) groups excluding carboxylic acids is 1. The lowest BCUT2D eigenvalue weighted by Gasteiger charge is -2.14. The zero-order chi connectivity index (χ0) is 19.8. The minimum atomic E-state index is -3.00. The summed E-state index contributed by atoms with van der Waals surface area (Å²) in [6.07, 6.45) is 0. The second kappa shape index (κ2) is 7.79. The number of carbonyl (C=O) groups is 1. The van der Waals surface area contributed by atoms with E-state index >= 15 is 0 Å². The molecule has 1 atom stereocenters. The standard InChI is InChI=1S/C12H5F6NO5S2/c1-2(20)19-26(22)12-4-3(5(13)8(16)10(12)18)11(25-24-23-21)9(17)7(15)6(4)14/h21H,1H3,(H,19,20). The van der Waals surface area contributed by atoms with Gasteiger partial charge in [-0.15, -0.1) is 4.33 Å². The third-order valence-corrected chi connectivity index (χ3v) is 4.79. The van der Waals surface area contributed by atoms with Crippen LogP contribution in [0, 0.1) is 34.9 Å². The van der Waals surface area contributed by atoms with E-state index in [4.69, 9.17) is 5.26 Å². The summed E-state index contributed by atoms with van der Waals surface area (Å²) in [5.41, 5.74) is 0. The summed E-state index contributed by atoms with van der Waals surface area (Å²) in [4.78, 5) is 8.19. The molecule has 1 unspecified atom stereocenters. The first-order chi connectivity index (χ1) is 12.1.